The number of nitrogens with zero attached hydrogens (tertiary/aromatic N) is 5. The highest BCUT2D eigenvalue weighted by atomic mass is 32.2. The number of fused-ring (bicyclic) bond motifs is 4. The summed E-state index contributed by atoms with van der Waals surface area (Å²) in [5.41, 5.74) is 1.61. The number of carbonyl (C=O) groups is 2. The lowest BCUT2D eigenvalue weighted by molar-refractivity contribution is -0.120. The van der Waals surface area contributed by atoms with E-state index in [-0.39, 0.29) is 31.0 Å². The third kappa shape index (κ3) is 6.14. The number of benzene rings is 1. The van der Waals surface area contributed by atoms with Crippen LogP contribution in [0.2, 0.25) is 0 Å². The summed E-state index contributed by atoms with van der Waals surface area (Å²) in [4.78, 5) is 29.7. The number of urea groups is 1. The molecule has 2 bridgehead atoms. The maximum Gasteiger partial charge on any atom is 0.329 e. The van der Waals surface area contributed by atoms with Crippen molar-refractivity contribution in [1.29, 1.82) is 0 Å². The molecule has 0 spiro atoms. The first-order valence-corrected chi connectivity index (χ1v) is 14.9. The van der Waals surface area contributed by atoms with E-state index in [1.165, 1.54) is 30.8 Å². The van der Waals surface area contributed by atoms with Gasteiger partial charge in [0.2, 0.25) is 15.9 Å². The average Bonchev–Trinajstić information content (AvgIpc) is 3.28. The fourth-order valence-corrected chi connectivity index (χ4v) is 6.57. The van der Waals surface area contributed by atoms with Crippen LogP contribution in [0.1, 0.15) is 45.6 Å². The zero-order valence-electron chi connectivity index (χ0n) is 22.1. The van der Waals surface area contributed by atoms with Gasteiger partial charge in [-0.1, -0.05) is 32.0 Å². The van der Waals surface area contributed by atoms with Crippen LogP contribution in [0.5, 0.6) is 0 Å². The third-order valence-corrected chi connectivity index (χ3v) is 8.87. The minimum Gasteiger partial charge on any atom is -0.354 e. The van der Waals surface area contributed by atoms with E-state index in [1.54, 1.807) is 4.31 Å². The maximum atomic E-state index is 12.2. The summed E-state index contributed by atoms with van der Waals surface area (Å²) < 4.78 is 31.1. The molecular formula is C25H38N6O5S. The largest absolute Gasteiger partial charge is 0.354 e. The van der Waals surface area contributed by atoms with Gasteiger partial charge in [-0.15, -0.1) is 0 Å². The van der Waals surface area contributed by atoms with Crippen molar-refractivity contribution in [3.8, 4) is 0 Å². The van der Waals surface area contributed by atoms with Crippen LogP contribution in [-0.2, 0) is 21.4 Å². The normalized spacial score (nSPS) is 22.9. The number of anilines is 1. The van der Waals surface area contributed by atoms with Crippen molar-refractivity contribution in [2.24, 2.45) is 0 Å². The second-order valence-electron chi connectivity index (χ2n) is 9.86. The van der Waals surface area contributed by atoms with Gasteiger partial charge in [0, 0.05) is 44.7 Å². The smallest absolute Gasteiger partial charge is 0.329 e. The van der Waals surface area contributed by atoms with E-state index in [4.69, 9.17) is 4.52 Å². The molecule has 4 aliphatic heterocycles. The lowest BCUT2D eigenvalue weighted by Crippen LogP contribution is -2.63. The Morgan fingerprint density at radius 3 is 2.35 bits per heavy atom. The van der Waals surface area contributed by atoms with Crippen molar-refractivity contribution < 1.29 is 22.5 Å². The molecule has 37 heavy (non-hydrogen) atoms. The van der Waals surface area contributed by atoms with Crippen molar-refractivity contribution in [3.05, 3.63) is 23.8 Å². The van der Waals surface area contributed by atoms with E-state index < -0.39 is 16.1 Å². The van der Waals surface area contributed by atoms with Crippen molar-refractivity contribution >= 4 is 38.7 Å². The highest BCUT2D eigenvalue weighted by Crippen LogP contribution is 2.33. The van der Waals surface area contributed by atoms with Gasteiger partial charge in [0.1, 0.15) is 0 Å². The summed E-state index contributed by atoms with van der Waals surface area (Å²) in [5.74, 6) is 0.105. The van der Waals surface area contributed by atoms with Crippen LogP contribution in [0, 0.1) is 0 Å². The van der Waals surface area contributed by atoms with E-state index in [2.05, 4.69) is 41.0 Å². The summed E-state index contributed by atoms with van der Waals surface area (Å²) >= 11 is 0. The van der Waals surface area contributed by atoms with Gasteiger partial charge in [0.15, 0.2) is 11.4 Å². The van der Waals surface area contributed by atoms with E-state index in [9.17, 15) is 18.0 Å². The predicted octanol–water partition coefficient (Wildman–Crippen LogP) is 2.23. The van der Waals surface area contributed by atoms with Crippen molar-refractivity contribution in [1.82, 2.24) is 24.6 Å². The zero-order valence-corrected chi connectivity index (χ0v) is 23.0. The minimum atomic E-state index is -3.18. The number of carbonyl (C=O) groups excluding carboxylic acids is 2. The number of hydrogen-bond acceptors (Lipinski definition) is 8. The number of piperazine rings is 1. The molecule has 3 amide bonds. The molecular weight excluding hydrogens is 496 g/mol. The molecule has 204 valence electrons. The molecule has 1 N–H and O–H groups in total. The number of nitrogens with one attached hydrogen (secondary N) is 1. The van der Waals surface area contributed by atoms with Gasteiger partial charge < -0.3 is 9.42 Å². The fourth-order valence-electron chi connectivity index (χ4n) is 5.41. The van der Waals surface area contributed by atoms with Gasteiger partial charge in [-0.25, -0.2) is 13.2 Å². The SMILES string of the molecule is CCN(CC)CC.CS(=O)(=O)N1CC2CCC1CN2Cc1ccc2onc(N3CCC(=O)NC3=O)c2c1. The Kier molecular flexibility index (Phi) is 8.52. The Morgan fingerprint density at radius 1 is 1.08 bits per heavy atom. The molecule has 1 aromatic heterocycles. The molecule has 2 unspecified atom stereocenters. The quantitative estimate of drug-likeness (QED) is 0.574. The Hall–Kier alpha value is -2.54. The molecule has 4 saturated heterocycles. The number of sulfonamides is 1. The van der Waals surface area contributed by atoms with Crippen LogP contribution in [-0.4, -0.2) is 97.2 Å². The Morgan fingerprint density at radius 2 is 1.78 bits per heavy atom. The van der Waals surface area contributed by atoms with Crippen LogP contribution in [0.15, 0.2) is 22.7 Å². The molecule has 5 heterocycles. The van der Waals surface area contributed by atoms with Gasteiger partial charge in [-0.3, -0.25) is 19.9 Å². The topological polar surface area (TPSA) is 119 Å². The molecule has 0 saturated carbocycles. The first-order valence-electron chi connectivity index (χ1n) is 13.1. The molecule has 1 aromatic carbocycles. The number of imide groups is 1. The highest BCUT2D eigenvalue weighted by molar-refractivity contribution is 7.88. The molecule has 4 aliphatic rings. The molecule has 4 fully saturated rings. The molecule has 12 heteroatoms. The molecule has 2 atom stereocenters. The molecule has 11 nitrogen and oxygen atoms in total. The fraction of sp³-hybridized carbons (Fsp3) is 0.640. The second kappa shape index (κ2) is 11.5. The Labute approximate surface area is 218 Å². The third-order valence-electron chi connectivity index (χ3n) is 7.57. The highest BCUT2D eigenvalue weighted by Gasteiger charge is 2.42. The number of amides is 3. The number of hydrogen-bond donors (Lipinski definition) is 1. The Balaban J connectivity index is 0.000000405. The number of piperidine rings is 2. The minimum absolute atomic E-state index is 0.0227. The van der Waals surface area contributed by atoms with Crippen LogP contribution in [0.25, 0.3) is 11.0 Å². The lowest BCUT2D eigenvalue weighted by Gasteiger charge is -2.50. The predicted molar refractivity (Wildman–Crippen MR) is 142 cm³/mol. The Bertz CT molecular complexity index is 1220. The van der Waals surface area contributed by atoms with E-state index in [0.29, 0.717) is 31.0 Å². The van der Waals surface area contributed by atoms with Gasteiger partial charge in [-0.05, 0) is 50.2 Å². The van der Waals surface area contributed by atoms with Crippen LogP contribution >= 0.6 is 0 Å². The average molecular weight is 535 g/mol. The molecule has 0 aliphatic carbocycles. The molecule has 6 rings (SSSR count). The summed E-state index contributed by atoms with van der Waals surface area (Å²) in [6, 6.07) is 5.48. The molecule has 2 aromatic rings. The second-order valence-corrected chi connectivity index (χ2v) is 11.8. The standard InChI is InChI=1S/C19H23N5O5S.C6H15N/c1-30(27,28)24-11-13-3-4-14(24)10-22(13)9-12-2-5-16-15(8-12)18(21-29-16)23-7-6-17(25)20-19(23)26;1-4-7(5-2)6-3/h2,5,8,13-14H,3-4,6-7,9-11H2,1H3,(H,20,25,26);4-6H2,1-3H3. The summed E-state index contributed by atoms with van der Waals surface area (Å²) in [7, 11) is -3.18. The van der Waals surface area contributed by atoms with Crippen molar-refractivity contribution in [2.75, 3.05) is 50.4 Å². The van der Waals surface area contributed by atoms with E-state index >= 15 is 0 Å². The number of rotatable bonds is 7. The monoisotopic (exact) mass is 534 g/mol. The summed E-state index contributed by atoms with van der Waals surface area (Å²) in [6.45, 7) is 12.3. The van der Waals surface area contributed by atoms with Crippen LogP contribution in [0.4, 0.5) is 10.6 Å². The summed E-state index contributed by atoms with van der Waals surface area (Å²) in [5, 5.41) is 7.07. The van der Waals surface area contributed by atoms with Gasteiger partial charge in [0.25, 0.3) is 0 Å². The maximum absolute atomic E-state index is 12.2. The zero-order chi connectivity index (χ0) is 26.7. The van der Waals surface area contributed by atoms with Gasteiger partial charge in [0.05, 0.1) is 11.6 Å². The van der Waals surface area contributed by atoms with Crippen LogP contribution in [0.3, 0.4) is 0 Å². The summed E-state index contributed by atoms with van der Waals surface area (Å²) in [6.07, 6.45) is 3.38. The lowest BCUT2D eigenvalue weighted by atomic mass is 9.92. The number of aromatic nitrogens is 1. The van der Waals surface area contributed by atoms with Crippen molar-refractivity contribution in [2.45, 2.75) is 58.7 Å². The molecule has 0 radical (unpaired) electrons. The van der Waals surface area contributed by atoms with Gasteiger partial charge >= 0.3 is 6.03 Å². The first kappa shape index (κ1) is 27.5. The van der Waals surface area contributed by atoms with E-state index in [1.807, 2.05) is 18.2 Å². The van der Waals surface area contributed by atoms with E-state index in [0.717, 1.165) is 23.8 Å². The first-order chi connectivity index (χ1) is 17.6. The van der Waals surface area contributed by atoms with Crippen LogP contribution < -0.4 is 10.2 Å². The van der Waals surface area contributed by atoms with Gasteiger partial charge in [-0.2, -0.15) is 4.31 Å². The van der Waals surface area contributed by atoms with Crippen molar-refractivity contribution in [3.63, 3.8) is 0 Å².